The van der Waals surface area contributed by atoms with Crippen LogP contribution in [0.5, 0.6) is 0 Å². The molecule has 0 bridgehead atoms. The van der Waals surface area contributed by atoms with Gasteiger partial charge in [0.25, 0.3) is 10.0 Å². The first-order valence-electron chi connectivity index (χ1n) is 9.37. The van der Waals surface area contributed by atoms with Crippen LogP contribution < -0.4 is 9.44 Å². The quantitative estimate of drug-likeness (QED) is 0.187. The molecule has 0 aromatic carbocycles. The monoisotopic (exact) mass is 632 g/mol. The number of allylic oxidation sites excluding steroid dienone is 2. The largest absolute Gasteiger partial charge is 0.512 e. The fourth-order valence-electron chi connectivity index (χ4n) is 2.65. The number of carbonyl (C=O) groups is 1. The second kappa shape index (κ2) is 10.4. The van der Waals surface area contributed by atoms with E-state index in [0.29, 0.717) is 12.2 Å². The zero-order valence-electron chi connectivity index (χ0n) is 18.7. The van der Waals surface area contributed by atoms with Crippen LogP contribution in [-0.2, 0) is 39.1 Å². The highest BCUT2D eigenvalue weighted by Crippen LogP contribution is 2.51. The lowest BCUT2D eigenvalue weighted by molar-refractivity contribution is -0.246. The lowest BCUT2D eigenvalue weighted by Crippen LogP contribution is -2.63. The molecule has 0 radical (unpaired) electrons. The summed E-state index contributed by atoms with van der Waals surface area (Å²) in [7, 11) is -21.2. The van der Waals surface area contributed by atoms with Gasteiger partial charge in [-0.25, -0.2) is 16.8 Å². The van der Waals surface area contributed by atoms with E-state index < -0.39 is 79.7 Å². The summed E-state index contributed by atoms with van der Waals surface area (Å²) in [6.07, 6.45) is 1.87. The average Bonchev–Trinajstić information content (AvgIpc) is 2.72. The van der Waals surface area contributed by atoms with Crippen molar-refractivity contribution < 1.29 is 73.7 Å². The standard InChI is InChI=1S/C16H17F9N2O8S3/c1-8(2)12(28)11(26-3)9-4-6-10(7-5-9)35-38(33,34)15(21,22)13(17,18)14(19,20)36(29,30)27-37(31,32)16(23,24)25/h4,6-7,9,11,26-27H,1,5H2,2-3H3. The molecule has 0 saturated heterocycles. The van der Waals surface area contributed by atoms with Crippen molar-refractivity contribution in [3.8, 4) is 0 Å². The Balaban J connectivity index is 3.32. The van der Waals surface area contributed by atoms with E-state index in [1.807, 2.05) is 0 Å². The number of Topliss-reactive ketones (excluding diaryl/α,β-unsaturated/α-hetero) is 1. The van der Waals surface area contributed by atoms with Crippen LogP contribution in [-0.4, -0.2) is 66.1 Å². The summed E-state index contributed by atoms with van der Waals surface area (Å²) in [4.78, 5) is 12.1. The number of hydrogen-bond acceptors (Lipinski definition) is 9. The number of sulfonamides is 2. The topological polar surface area (TPSA) is 153 Å². The Bertz CT molecular complexity index is 1350. The van der Waals surface area contributed by atoms with Crippen LogP contribution in [0.3, 0.4) is 0 Å². The van der Waals surface area contributed by atoms with Gasteiger partial charge in [-0.1, -0.05) is 16.8 Å². The third-order valence-electron chi connectivity index (χ3n) is 4.65. The fourth-order valence-corrected chi connectivity index (χ4v) is 6.06. The lowest BCUT2D eigenvalue weighted by atomic mass is 9.88. The summed E-state index contributed by atoms with van der Waals surface area (Å²) in [5.41, 5.74) is -6.59. The maximum Gasteiger partial charge on any atom is 0.512 e. The third kappa shape index (κ3) is 6.02. The zero-order chi connectivity index (χ0) is 30.3. The second-order valence-corrected chi connectivity index (χ2v) is 12.7. The molecule has 0 aromatic heterocycles. The van der Waals surface area contributed by atoms with Gasteiger partial charge in [0.1, 0.15) is 5.76 Å². The van der Waals surface area contributed by atoms with E-state index >= 15 is 0 Å². The maximum absolute atomic E-state index is 14.2. The molecule has 0 amide bonds. The highest BCUT2D eigenvalue weighted by molar-refractivity contribution is 8.05. The smallest absolute Gasteiger partial charge is 0.378 e. The molecule has 1 aliphatic rings. The summed E-state index contributed by atoms with van der Waals surface area (Å²) >= 11 is 0. The van der Waals surface area contributed by atoms with E-state index in [4.69, 9.17) is 0 Å². The summed E-state index contributed by atoms with van der Waals surface area (Å²) in [5.74, 6) is -10.1. The number of ketones is 1. The number of likely N-dealkylation sites (N-methyl/N-ethyl adjacent to an activating group) is 1. The Kier molecular flexibility index (Phi) is 9.29. The van der Waals surface area contributed by atoms with Gasteiger partial charge >= 0.3 is 42.1 Å². The molecule has 0 heterocycles. The molecule has 2 unspecified atom stereocenters. The van der Waals surface area contributed by atoms with E-state index in [9.17, 15) is 69.6 Å². The van der Waals surface area contributed by atoms with E-state index in [1.54, 1.807) is 0 Å². The molecule has 38 heavy (non-hydrogen) atoms. The van der Waals surface area contributed by atoms with Crippen LogP contribution in [0.4, 0.5) is 39.5 Å². The first-order valence-corrected chi connectivity index (χ1v) is 13.7. The number of alkyl halides is 9. The van der Waals surface area contributed by atoms with Crippen molar-refractivity contribution in [1.82, 2.24) is 9.44 Å². The van der Waals surface area contributed by atoms with Gasteiger partial charge in [0.2, 0.25) is 0 Å². The fraction of sp³-hybridized carbons (Fsp3) is 0.562. The molecule has 2 N–H and O–H groups in total. The van der Waals surface area contributed by atoms with Crippen molar-refractivity contribution in [2.45, 2.75) is 41.3 Å². The molecule has 22 heteroatoms. The van der Waals surface area contributed by atoms with E-state index in [2.05, 4.69) is 16.1 Å². The number of nitrogens with one attached hydrogen (secondary N) is 2. The van der Waals surface area contributed by atoms with Crippen LogP contribution in [0.2, 0.25) is 0 Å². The van der Waals surface area contributed by atoms with Gasteiger partial charge in [-0.2, -0.15) is 47.9 Å². The van der Waals surface area contributed by atoms with Crippen molar-refractivity contribution in [1.29, 1.82) is 0 Å². The molecular weight excluding hydrogens is 615 g/mol. The predicted molar refractivity (Wildman–Crippen MR) is 110 cm³/mol. The molecule has 2 atom stereocenters. The number of carbonyl (C=O) groups excluding carboxylic acids is 1. The lowest BCUT2D eigenvalue weighted by Gasteiger charge is -2.31. The van der Waals surface area contributed by atoms with E-state index in [-0.39, 0.29) is 12.0 Å². The molecule has 0 aromatic rings. The van der Waals surface area contributed by atoms with Gasteiger partial charge in [-0.15, -0.1) is 0 Å². The molecular formula is C16H17F9N2O8S3. The van der Waals surface area contributed by atoms with Crippen LogP contribution in [0.1, 0.15) is 13.3 Å². The Hall–Kier alpha value is -2.17. The number of rotatable bonds is 12. The first-order chi connectivity index (χ1) is 16.7. The Morgan fingerprint density at radius 3 is 1.84 bits per heavy atom. The van der Waals surface area contributed by atoms with E-state index in [1.165, 1.54) is 14.0 Å². The van der Waals surface area contributed by atoms with E-state index in [0.717, 1.165) is 6.08 Å². The summed E-state index contributed by atoms with van der Waals surface area (Å²) in [6, 6.07) is -0.978. The summed E-state index contributed by atoms with van der Waals surface area (Å²) in [5, 5.41) is -12.1. The molecule has 1 rings (SSSR count). The number of halogens is 9. The Labute approximate surface area is 209 Å². The summed E-state index contributed by atoms with van der Waals surface area (Å²) < 4.78 is 192. The molecule has 220 valence electrons. The third-order valence-corrected chi connectivity index (χ3v) is 9.25. The van der Waals surface area contributed by atoms with Crippen LogP contribution in [0.25, 0.3) is 0 Å². The maximum atomic E-state index is 14.2. The van der Waals surface area contributed by atoms with Crippen LogP contribution in [0, 0.1) is 5.92 Å². The van der Waals surface area contributed by atoms with Gasteiger partial charge in [0, 0.05) is 5.92 Å². The minimum Gasteiger partial charge on any atom is -0.378 e. The van der Waals surface area contributed by atoms with Crippen molar-refractivity contribution in [2.75, 3.05) is 7.05 Å². The van der Waals surface area contributed by atoms with Gasteiger partial charge in [0.15, 0.2) is 5.78 Å². The Morgan fingerprint density at radius 1 is 0.974 bits per heavy atom. The van der Waals surface area contributed by atoms with Crippen molar-refractivity contribution >= 4 is 35.9 Å². The van der Waals surface area contributed by atoms with Gasteiger partial charge < -0.3 is 9.50 Å². The minimum absolute atomic E-state index is 0.0848. The van der Waals surface area contributed by atoms with Gasteiger partial charge in [0.05, 0.1) is 6.04 Å². The molecule has 0 aliphatic heterocycles. The second-order valence-electron chi connectivity index (χ2n) is 7.46. The highest BCUT2D eigenvalue weighted by atomic mass is 32.3. The van der Waals surface area contributed by atoms with Gasteiger partial charge in [-0.05, 0) is 38.1 Å². The molecule has 0 spiro atoms. The first kappa shape index (κ1) is 33.9. The van der Waals surface area contributed by atoms with Crippen LogP contribution in [0.15, 0.2) is 36.1 Å². The zero-order valence-corrected chi connectivity index (χ0v) is 21.1. The van der Waals surface area contributed by atoms with Crippen molar-refractivity contribution in [3.05, 3.63) is 36.1 Å². The molecule has 0 fully saturated rings. The van der Waals surface area contributed by atoms with Gasteiger partial charge in [-0.3, -0.25) is 4.79 Å². The normalized spacial score (nSPS) is 19.0. The van der Waals surface area contributed by atoms with Crippen molar-refractivity contribution in [3.63, 3.8) is 0 Å². The average molecular weight is 633 g/mol. The predicted octanol–water partition coefficient (Wildman–Crippen LogP) is 2.12. The number of hydrogen-bond donors (Lipinski definition) is 2. The SMILES string of the molecule is C=C(C)C(=O)C(NC)C1C=CC(OS(=O)(=O)C(F)(F)C(F)(F)C(F)(F)S(=O)(=O)NS(=O)(=O)C(F)(F)F)=CC1. The molecule has 1 aliphatic carbocycles. The summed E-state index contributed by atoms with van der Waals surface area (Å²) in [6.45, 7) is 4.77. The molecule has 10 nitrogen and oxygen atoms in total. The Morgan fingerprint density at radius 2 is 1.47 bits per heavy atom. The highest BCUT2D eigenvalue weighted by Gasteiger charge is 2.83. The van der Waals surface area contributed by atoms with Crippen molar-refractivity contribution in [2.24, 2.45) is 5.92 Å². The van der Waals surface area contributed by atoms with Crippen LogP contribution >= 0.6 is 0 Å². The minimum atomic E-state index is -7.89. The molecule has 0 saturated carbocycles.